The quantitative estimate of drug-likeness (QED) is 0.703. The van der Waals surface area contributed by atoms with Gasteiger partial charge in [0, 0.05) is 25.2 Å². The van der Waals surface area contributed by atoms with E-state index in [2.05, 4.69) is 44.7 Å². The molecule has 1 aliphatic rings. The maximum Gasteiger partial charge on any atom is 0.0357 e. The summed E-state index contributed by atoms with van der Waals surface area (Å²) in [7, 11) is 4.28. The summed E-state index contributed by atoms with van der Waals surface area (Å²) in [6.07, 6.45) is 3.88. The van der Waals surface area contributed by atoms with E-state index in [0.29, 0.717) is 5.41 Å². The number of nitrogens with two attached hydrogens (primary N) is 1. The Balaban J connectivity index is 2.72. The van der Waals surface area contributed by atoms with Crippen LogP contribution in [0.4, 0.5) is 0 Å². The summed E-state index contributed by atoms with van der Waals surface area (Å²) in [5.41, 5.74) is 6.74. The highest BCUT2D eigenvalue weighted by Gasteiger charge is 2.54. The summed E-state index contributed by atoms with van der Waals surface area (Å²) in [5.74, 6) is 0. The Hall–Kier alpha value is -0.120. The molecule has 0 aromatic carbocycles. The van der Waals surface area contributed by atoms with E-state index < -0.39 is 0 Å². The third-order valence-corrected chi connectivity index (χ3v) is 4.71. The van der Waals surface area contributed by atoms with Gasteiger partial charge in [0.15, 0.2) is 0 Å². The minimum absolute atomic E-state index is 0.180. The molecular weight excluding hydrogens is 210 g/mol. The Bertz CT molecular complexity index is 236. The van der Waals surface area contributed by atoms with Crippen LogP contribution in [0.2, 0.25) is 0 Å². The SMILES string of the molecule is CCCN(CCN(C)C)C(C)(CN)C1(C)CC1. The van der Waals surface area contributed by atoms with Gasteiger partial charge in [-0.2, -0.15) is 0 Å². The molecule has 2 N–H and O–H groups in total. The van der Waals surface area contributed by atoms with E-state index in [-0.39, 0.29) is 5.54 Å². The monoisotopic (exact) mass is 241 g/mol. The summed E-state index contributed by atoms with van der Waals surface area (Å²) in [6.45, 7) is 11.2. The van der Waals surface area contributed by atoms with Crippen molar-refractivity contribution < 1.29 is 0 Å². The van der Waals surface area contributed by atoms with Crippen LogP contribution in [-0.2, 0) is 0 Å². The Morgan fingerprint density at radius 2 is 1.76 bits per heavy atom. The van der Waals surface area contributed by atoms with Crippen molar-refractivity contribution >= 4 is 0 Å². The van der Waals surface area contributed by atoms with Crippen LogP contribution in [0.1, 0.15) is 40.0 Å². The molecule has 1 unspecified atom stereocenters. The lowest BCUT2D eigenvalue weighted by molar-refractivity contribution is 0.0421. The van der Waals surface area contributed by atoms with Crippen LogP contribution in [0.15, 0.2) is 0 Å². The van der Waals surface area contributed by atoms with Crippen LogP contribution in [0, 0.1) is 5.41 Å². The molecule has 0 aliphatic heterocycles. The average Bonchev–Trinajstić information content (AvgIpc) is 3.02. The predicted octanol–water partition coefficient (Wildman–Crippen LogP) is 1.78. The van der Waals surface area contributed by atoms with E-state index in [4.69, 9.17) is 5.73 Å². The highest BCUT2D eigenvalue weighted by Crippen LogP contribution is 2.55. The van der Waals surface area contributed by atoms with Gasteiger partial charge in [0.25, 0.3) is 0 Å². The molecule has 102 valence electrons. The zero-order chi connectivity index (χ0) is 13.1. The fourth-order valence-electron chi connectivity index (χ4n) is 2.68. The lowest BCUT2D eigenvalue weighted by atomic mass is 9.82. The second-order valence-corrected chi connectivity index (χ2v) is 6.33. The maximum atomic E-state index is 6.12. The fraction of sp³-hybridized carbons (Fsp3) is 1.00. The van der Waals surface area contributed by atoms with Crippen molar-refractivity contribution in [3.8, 4) is 0 Å². The van der Waals surface area contributed by atoms with Crippen molar-refractivity contribution in [2.75, 3.05) is 40.3 Å². The lowest BCUT2D eigenvalue weighted by Crippen LogP contribution is -2.58. The van der Waals surface area contributed by atoms with Crippen LogP contribution in [-0.4, -0.2) is 55.6 Å². The van der Waals surface area contributed by atoms with Crippen LogP contribution >= 0.6 is 0 Å². The molecule has 1 saturated carbocycles. The van der Waals surface area contributed by atoms with Crippen LogP contribution < -0.4 is 5.73 Å². The molecule has 17 heavy (non-hydrogen) atoms. The smallest absolute Gasteiger partial charge is 0.0357 e. The maximum absolute atomic E-state index is 6.12. The topological polar surface area (TPSA) is 32.5 Å². The Morgan fingerprint density at radius 3 is 2.12 bits per heavy atom. The summed E-state index contributed by atoms with van der Waals surface area (Å²) in [4.78, 5) is 4.88. The molecule has 0 amide bonds. The van der Waals surface area contributed by atoms with Crippen molar-refractivity contribution in [1.29, 1.82) is 0 Å². The molecule has 3 nitrogen and oxygen atoms in total. The van der Waals surface area contributed by atoms with E-state index in [0.717, 1.165) is 26.2 Å². The van der Waals surface area contributed by atoms with Gasteiger partial charge < -0.3 is 10.6 Å². The fourth-order valence-corrected chi connectivity index (χ4v) is 2.68. The standard InChI is InChI=1S/C14H31N3/c1-6-9-17(11-10-16(4)5)14(3,12-15)13(2)7-8-13/h6-12,15H2,1-5H3. The second kappa shape index (κ2) is 5.68. The number of hydrogen-bond donors (Lipinski definition) is 1. The molecule has 0 saturated heterocycles. The lowest BCUT2D eigenvalue weighted by Gasteiger charge is -2.46. The molecule has 0 heterocycles. The largest absolute Gasteiger partial charge is 0.329 e. The van der Waals surface area contributed by atoms with E-state index in [1.165, 1.54) is 19.3 Å². The first-order chi connectivity index (χ1) is 7.89. The van der Waals surface area contributed by atoms with Gasteiger partial charge >= 0.3 is 0 Å². The van der Waals surface area contributed by atoms with Crippen LogP contribution in [0.5, 0.6) is 0 Å². The molecule has 0 bridgehead atoms. The van der Waals surface area contributed by atoms with Crippen molar-refractivity contribution in [1.82, 2.24) is 9.80 Å². The van der Waals surface area contributed by atoms with Gasteiger partial charge in [-0.15, -0.1) is 0 Å². The van der Waals surface area contributed by atoms with E-state index in [9.17, 15) is 0 Å². The molecule has 0 aromatic heterocycles. The molecule has 1 fully saturated rings. The molecule has 0 spiro atoms. The van der Waals surface area contributed by atoms with E-state index >= 15 is 0 Å². The first kappa shape index (κ1) is 14.9. The zero-order valence-electron chi connectivity index (χ0n) is 12.4. The van der Waals surface area contributed by atoms with Gasteiger partial charge in [-0.3, -0.25) is 4.90 Å². The van der Waals surface area contributed by atoms with Gasteiger partial charge in [0.05, 0.1) is 0 Å². The second-order valence-electron chi connectivity index (χ2n) is 6.33. The molecule has 1 aliphatic carbocycles. The average molecular weight is 241 g/mol. The van der Waals surface area contributed by atoms with Gasteiger partial charge in [-0.05, 0) is 52.2 Å². The highest BCUT2D eigenvalue weighted by atomic mass is 15.2. The van der Waals surface area contributed by atoms with Gasteiger partial charge in [-0.25, -0.2) is 0 Å². The molecule has 1 rings (SSSR count). The number of likely N-dealkylation sites (N-methyl/N-ethyl adjacent to an activating group) is 1. The normalized spacial score (nSPS) is 21.9. The number of rotatable bonds is 8. The minimum Gasteiger partial charge on any atom is -0.329 e. The highest BCUT2D eigenvalue weighted by molar-refractivity contribution is 5.09. The van der Waals surface area contributed by atoms with Crippen molar-refractivity contribution in [3.63, 3.8) is 0 Å². The third-order valence-electron chi connectivity index (χ3n) is 4.71. The van der Waals surface area contributed by atoms with Gasteiger partial charge in [-0.1, -0.05) is 13.8 Å². The Kier molecular flexibility index (Phi) is 4.99. The van der Waals surface area contributed by atoms with Gasteiger partial charge in [0.2, 0.25) is 0 Å². The first-order valence-corrected chi connectivity index (χ1v) is 6.99. The summed E-state index contributed by atoms with van der Waals surface area (Å²) in [5, 5.41) is 0. The third kappa shape index (κ3) is 3.21. The molecular formula is C14H31N3. The Labute approximate surface area is 107 Å². The zero-order valence-corrected chi connectivity index (χ0v) is 12.4. The van der Waals surface area contributed by atoms with Crippen LogP contribution in [0.25, 0.3) is 0 Å². The predicted molar refractivity (Wildman–Crippen MR) is 75.2 cm³/mol. The Morgan fingerprint density at radius 1 is 1.18 bits per heavy atom. The van der Waals surface area contributed by atoms with Crippen molar-refractivity contribution in [2.45, 2.75) is 45.6 Å². The number of hydrogen-bond acceptors (Lipinski definition) is 3. The van der Waals surface area contributed by atoms with Crippen molar-refractivity contribution in [3.05, 3.63) is 0 Å². The minimum atomic E-state index is 0.180. The van der Waals surface area contributed by atoms with Crippen LogP contribution in [0.3, 0.4) is 0 Å². The molecule has 0 aromatic rings. The van der Waals surface area contributed by atoms with E-state index in [1.54, 1.807) is 0 Å². The van der Waals surface area contributed by atoms with E-state index in [1.807, 2.05) is 0 Å². The summed E-state index contributed by atoms with van der Waals surface area (Å²) in [6, 6.07) is 0. The summed E-state index contributed by atoms with van der Waals surface area (Å²) < 4.78 is 0. The number of nitrogens with zero attached hydrogens (tertiary/aromatic N) is 2. The summed E-state index contributed by atoms with van der Waals surface area (Å²) >= 11 is 0. The molecule has 1 atom stereocenters. The van der Waals surface area contributed by atoms with Crippen molar-refractivity contribution in [2.24, 2.45) is 11.1 Å². The first-order valence-electron chi connectivity index (χ1n) is 6.99. The molecule has 0 radical (unpaired) electrons. The molecule has 3 heteroatoms. The van der Waals surface area contributed by atoms with Gasteiger partial charge in [0.1, 0.15) is 0 Å².